The lowest BCUT2D eigenvalue weighted by molar-refractivity contribution is 0.206. The Balaban J connectivity index is 1.70. The smallest absolute Gasteiger partial charge is 0.320 e. The number of benzene rings is 1. The number of carbonyl (C=O) groups excluding carboxylic acids is 1. The first kappa shape index (κ1) is 16.6. The van der Waals surface area contributed by atoms with Crippen LogP contribution in [0.4, 0.5) is 10.6 Å². The van der Waals surface area contributed by atoms with Gasteiger partial charge in [0.1, 0.15) is 0 Å². The summed E-state index contributed by atoms with van der Waals surface area (Å²) in [5.41, 5.74) is 4.08. The van der Waals surface area contributed by atoms with Crippen LogP contribution in [0.1, 0.15) is 56.3 Å². The van der Waals surface area contributed by atoms with Crippen LogP contribution in [-0.4, -0.2) is 27.3 Å². The fourth-order valence-corrected chi connectivity index (χ4v) is 3.23. The molecule has 0 aliphatic carbocycles. The van der Waals surface area contributed by atoms with E-state index < -0.39 is 0 Å². The molecule has 5 heteroatoms. The van der Waals surface area contributed by atoms with Crippen molar-refractivity contribution in [1.29, 1.82) is 0 Å². The summed E-state index contributed by atoms with van der Waals surface area (Å²) >= 11 is 0. The van der Waals surface area contributed by atoms with Gasteiger partial charge in [-0.1, -0.05) is 32.0 Å². The van der Waals surface area contributed by atoms with Gasteiger partial charge in [0.25, 0.3) is 0 Å². The number of hydrogen-bond donors (Lipinski definition) is 1. The number of fused-ring (bicyclic) bond motifs is 1. The first-order chi connectivity index (χ1) is 11.5. The molecular weight excluding hydrogens is 300 g/mol. The maximum absolute atomic E-state index is 12.5. The summed E-state index contributed by atoms with van der Waals surface area (Å²) in [4.78, 5) is 14.4. The normalized spacial score (nSPS) is 14.2. The van der Waals surface area contributed by atoms with E-state index in [4.69, 9.17) is 0 Å². The van der Waals surface area contributed by atoms with Crippen LogP contribution in [0.5, 0.6) is 0 Å². The monoisotopic (exact) mass is 326 g/mol. The van der Waals surface area contributed by atoms with Crippen molar-refractivity contribution in [3.05, 3.63) is 47.2 Å². The number of nitrogens with zero attached hydrogens (tertiary/aromatic N) is 3. The van der Waals surface area contributed by atoms with Crippen LogP contribution in [0.25, 0.3) is 0 Å². The summed E-state index contributed by atoms with van der Waals surface area (Å²) in [5.74, 6) is 1.12. The number of hydrogen-bond acceptors (Lipinski definition) is 2. The molecule has 1 aliphatic rings. The van der Waals surface area contributed by atoms with Gasteiger partial charge in [-0.25, -0.2) is 4.79 Å². The van der Waals surface area contributed by atoms with Crippen LogP contribution < -0.4 is 5.32 Å². The third-order valence-electron chi connectivity index (χ3n) is 4.58. The molecule has 0 atom stereocenters. The van der Waals surface area contributed by atoms with E-state index in [0.717, 1.165) is 13.0 Å². The first-order valence-corrected chi connectivity index (χ1v) is 8.67. The quantitative estimate of drug-likeness (QED) is 0.920. The summed E-state index contributed by atoms with van der Waals surface area (Å²) in [6.07, 6.45) is 2.80. The zero-order chi connectivity index (χ0) is 17.3. The highest BCUT2D eigenvalue weighted by atomic mass is 16.2. The summed E-state index contributed by atoms with van der Waals surface area (Å²) in [6.45, 7) is 9.97. The molecule has 0 radical (unpaired) electrons. The molecule has 24 heavy (non-hydrogen) atoms. The molecule has 1 aromatic carbocycles. The van der Waals surface area contributed by atoms with E-state index in [0.29, 0.717) is 18.3 Å². The Hall–Kier alpha value is -2.30. The number of nitrogens with one attached hydrogen (secondary N) is 1. The average Bonchev–Trinajstić information content (AvgIpc) is 3.02. The Bertz CT molecular complexity index is 733. The van der Waals surface area contributed by atoms with Crippen LogP contribution in [0, 0.1) is 0 Å². The SMILES string of the molecule is CC(C)c1cccc2c1CCN(C(=O)Nc1ccn(C(C)C)n1)C2. The van der Waals surface area contributed by atoms with Crippen LogP contribution in [0.3, 0.4) is 0 Å². The molecule has 0 saturated heterocycles. The van der Waals surface area contributed by atoms with E-state index in [9.17, 15) is 4.79 Å². The van der Waals surface area contributed by atoms with Gasteiger partial charge in [-0.2, -0.15) is 5.10 Å². The lowest BCUT2D eigenvalue weighted by Gasteiger charge is -2.30. The highest BCUT2D eigenvalue weighted by Gasteiger charge is 2.23. The van der Waals surface area contributed by atoms with Gasteiger partial charge in [0.05, 0.1) is 0 Å². The van der Waals surface area contributed by atoms with Crippen LogP contribution in [0.15, 0.2) is 30.5 Å². The fraction of sp³-hybridized carbons (Fsp3) is 0.474. The van der Waals surface area contributed by atoms with Gasteiger partial charge in [-0.05, 0) is 42.9 Å². The summed E-state index contributed by atoms with van der Waals surface area (Å²) in [7, 11) is 0. The molecule has 5 nitrogen and oxygen atoms in total. The van der Waals surface area contributed by atoms with Crippen molar-refractivity contribution < 1.29 is 4.79 Å². The molecule has 2 aromatic rings. The molecule has 0 unspecified atom stereocenters. The minimum absolute atomic E-state index is 0.0791. The highest BCUT2D eigenvalue weighted by Crippen LogP contribution is 2.27. The molecular formula is C19H26N4O. The maximum atomic E-state index is 12.5. The van der Waals surface area contributed by atoms with Crippen molar-refractivity contribution in [3.63, 3.8) is 0 Å². The van der Waals surface area contributed by atoms with E-state index in [-0.39, 0.29) is 12.1 Å². The van der Waals surface area contributed by atoms with E-state index >= 15 is 0 Å². The minimum atomic E-state index is -0.0791. The van der Waals surface area contributed by atoms with E-state index in [1.165, 1.54) is 16.7 Å². The Kier molecular flexibility index (Phi) is 4.60. The maximum Gasteiger partial charge on any atom is 0.323 e. The largest absolute Gasteiger partial charge is 0.323 e. The second-order valence-corrected chi connectivity index (χ2v) is 7.02. The van der Waals surface area contributed by atoms with Gasteiger partial charge >= 0.3 is 6.03 Å². The van der Waals surface area contributed by atoms with Crippen molar-refractivity contribution in [2.24, 2.45) is 0 Å². The number of amides is 2. The standard InChI is InChI=1S/C19H26N4O/c1-13(2)16-7-5-6-15-12-22(10-8-17(15)16)19(24)20-18-9-11-23(21-18)14(3)4/h5-7,9,11,13-14H,8,10,12H2,1-4H3,(H,20,21,24). The van der Waals surface area contributed by atoms with Gasteiger partial charge in [0.15, 0.2) is 5.82 Å². The molecule has 0 fully saturated rings. The molecule has 3 rings (SSSR count). The van der Waals surface area contributed by atoms with Crippen molar-refractivity contribution in [2.45, 2.75) is 52.6 Å². The average molecular weight is 326 g/mol. The first-order valence-electron chi connectivity index (χ1n) is 8.67. The Morgan fingerprint density at radius 3 is 2.67 bits per heavy atom. The van der Waals surface area contributed by atoms with E-state index in [1.807, 2.05) is 21.8 Å². The van der Waals surface area contributed by atoms with Crippen LogP contribution in [0.2, 0.25) is 0 Å². The lowest BCUT2D eigenvalue weighted by atomic mass is 9.89. The van der Waals surface area contributed by atoms with Crippen molar-refractivity contribution in [2.75, 3.05) is 11.9 Å². The van der Waals surface area contributed by atoms with E-state index in [1.54, 1.807) is 0 Å². The highest BCUT2D eigenvalue weighted by molar-refractivity contribution is 5.88. The molecule has 2 amide bonds. The van der Waals surface area contributed by atoms with Gasteiger partial charge < -0.3 is 4.90 Å². The van der Waals surface area contributed by atoms with Crippen molar-refractivity contribution in [1.82, 2.24) is 14.7 Å². The Morgan fingerprint density at radius 2 is 2.00 bits per heavy atom. The Labute approximate surface area is 143 Å². The molecule has 1 aromatic heterocycles. The zero-order valence-electron chi connectivity index (χ0n) is 14.9. The second-order valence-electron chi connectivity index (χ2n) is 7.02. The molecule has 0 bridgehead atoms. The molecule has 1 aliphatic heterocycles. The van der Waals surface area contributed by atoms with Gasteiger partial charge in [-0.15, -0.1) is 0 Å². The second kappa shape index (κ2) is 6.67. The summed E-state index contributed by atoms with van der Waals surface area (Å²) in [6, 6.07) is 8.48. The topological polar surface area (TPSA) is 50.2 Å². The third-order valence-corrected chi connectivity index (χ3v) is 4.58. The molecule has 1 N–H and O–H groups in total. The Morgan fingerprint density at radius 1 is 1.21 bits per heavy atom. The third kappa shape index (κ3) is 3.30. The predicted octanol–water partition coefficient (Wildman–Crippen LogP) is 4.18. The van der Waals surface area contributed by atoms with Crippen LogP contribution in [-0.2, 0) is 13.0 Å². The predicted molar refractivity (Wildman–Crippen MR) is 96.3 cm³/mol. The van der Waals surface area contributed by atoms with E-state index in [2.05, 4.69) is 56.3 Å². The number of urea groups is 1. The van der Waals surface area contributed by atoms with Crippen molar-refractivity contribution in [3.8, 4) is 0 Å². The number of carbonyl (C=O) groups is 1. The van der Waals surface area contributed by atoms with Crippen molar-refractivity contribution >= 4 is 11.8 Å². The number of rotatable bonds is 3. The minimum Gasteiger partial charge on any atom is -0.320 e. The lowest BCUT2D eigenvalue weighted by Crippen LogP contribution is -2.39. The number of aromatic nitrogens is 2. The zero-order valence-corrected chi connectivity index (χ0v) is 14.9. The molecule has 2 heterocycles. The summed E-state index contributed by atoms with van der Waals surface area (Å²) < 4.78 is 1.84. The molecule has 128 valence electrons. The van der Waals surface area contributed by atoms with Crippen LogP contribution >= 0.6 is 0 Å². The molecule has 0 spiro atoms. The van der Waals surface area contributed by atoms with Gasteiger partial charge in [0.2, 0.25) is 0 Å². The summed E-state index contributed by atoms with van der Waals surface area (Å²) in [5, 5.41) is 7.29. The molecule has 0 saturated carbocycles. The number of anilines is 1. The fourth-order valence-electron chi connectivity index (χ4n) is 3.23. The van der Waals surface area contributed by atoms with Gasteiger partial charge in [0, 0.05) is 31.4 Å². The van der Waals surface area contributed by atoms with Gasteiger partial charge in [-0.3, -0.25) is 10.00 Å².